The van der Waals surface area contributed by atoms with Gasteiger partial charge in [-0.25, -0.2) is 4.90 Å². The number of carbonyl (C=O) groups is 2. The molecule has 0 saturated carbocycles. The number of hydrogen-bond donors (Lipinski definition) is 1. The first-order chi connectivity index (χ1) is 12.5. The molecule has 0 aliphatic carbocycles. The van der Waals surface area contributed by atoms with Crippen LogP contribution >= 0.6 is 23.2 Å². The zero-order valence-electron chi connectivity index (χ0n) is 13.6. The molecule has 1 heterocycles. The Morgan fingerprint density at radius 3 is 2.42 bits per heavy atom. The van der Waals surface area contributed by atoms with Gasteiger partial charge in [0.25, 0.3) is 5.91 Å². The lowest BCUT2D eigenvalue weighted by atomic mass is 10.1. The van der Waals surface area contributed by atoms with E-state index < -0.39 is 6.04 Å². The summed E-state index contributed by atoms with van der Waals surface area (Å²) in [7, 11) is 0. The zero-order valence-corrected chi connectivity index (χ0v) is 15.1. The monoisotopic (exact) mass is 384 g/mol. The van der Waals surface area contributed by atoms with Gasteiger partial charge in [0.05, 0.1) is 22.2 Å². The fourth-order valence-electron chi connectivity index (χ4n) is 3.12. The van der Waals surface area contributed by atoms with Crippen molar-refractivity contribution in [2.24, 2.45) is 0 Å². The second-order valence-corrected chi connectivity index (χ2v) is 6.94. The van der Waals surface area contributed by atoms with Crippen molar-refractivity contribution in [3.8, 4) is 0 Å². The molecule has 3 aromatic rings. The van der Waals surface area contributed by atoms with E-state index in [-0.39, 0.29) is 18.2 Å². The molecule has 1 aliphatic heterocycles. The molecule has 2 amide bonds. The Morgan fingerprint density at radius 2 is 1.65 bits per heavy atom. The minimum Gasteiger partial charge on any atom is -0.373 e. The Hall–Kier alpha value is -2.56. The number of fused-ring (bicyclic) bond motifs is 1. The molecule has 6 heteroatoms. The van der Waals surface area contributed by atoms with E-state index in [1.807, 2.05) is 42.5 Å². The lowest BCUT2D eigenvalue weighted by Gasteiger charge is -2.17. The van der Waals surface area contributed by atoms with Gasteiger partial charge in [0.1, 0.15) is 6.04 Å². The van der Waals surface area contributed by atoms with E-state index in [4.69, 9.17) is 23.2 Å². The van der Waals surface area contributed by atoms with Gasteiger partial charge in [-0.3, -0.25) is 9.59 Å². The van der Waals surface area contributed by atoms with Crippen LogP contribution in [0.5, 0.6) is 0 Å². The van der Waals surface area contributed by atoms with Crippen LogP contribution in [0.15, 0.2) is 60.7 Å². The van der Waals surface area contributed by atoms with Gasteiger partial charge in [-0.2, -0.15) is 0 Å². The van der Waals surface area contributed by atoms with Crippen molar-refractivity contribution in [3.05, 3.63) is 70.7 Å². The van der Waals surface area contributed by atoms with Gasteiger partial charge < -0.3 is 5.32 Å². The van der Waals surface area contributed by atoms with E-state index in [1.165, 1.54) is 6.07 Å². The van der Waals surface area contributed by atoms with E-state index in [0.29, 0.717) is 15.7 Å². The fraction of sp³-hybridized carbons (Fsp3) is 0.100. The summed E-state index contributed by atoms with van der Waals surface area (Å²) in [5.74, 6) is -0.576. The third-order valence-corrected chi connectivity index (χ3v) is 5.14. The molecular formula is C20H14Cl2N2O2. The summed E-state index contributed by atoms with van der Waals surface area (Å²) in [6, 6.07) is 17.9. The SMILES string of the molecule is O=C1C[C@H](Nc2ccc3ccccc3c2)C(=O)N1c1ccc(Cl)c(Cl)c1. The number of nitrogens with zero attached hydrogens (tertiary/aromatic N) is 1. The second kappa shape index (κ2) is 6.63. The Morgan fingerprint density at radius 1 is 0.885 bits per heavy atom. The van der Waals surface area contributed by atoms with Gasteiger partial charge in [-0.05, 0) is 41.1 Å². The highest BCUT2D eigenvalue weighted by Gasteiger charge is 2.39. The number of halogens is 2. The van der Waals surface area contributed by atoms with E-state index in [1.54, 1.807) is 12.1 Å². The number of rotatable bonds is 3. The van der Waals surface area contributed by atoms with Gasteiger partial charge in [0, 0.05) is 5.69 Å². The van der Waals surface area contributed by atoms with E-state index in [2.05, 4.69) is 5.32 Å². The van der Waals surface area contributed by atoms with Crippen LogP contribution in [0, 0.1) is 0 Å². The third-order valence-electron chi connectivity index (χ3n) is 4.40. The van der Waals surface area contributed by atoms with Crippen LogP contribution in [0.2, 0.25) is 10.0 Å². The minimum absolute atomic E-state index is 0.0892. The van der Waals surface area contributed by atoms with Crippen LogP contribution < -0.4 is 10.2 Å². The minimum atomic E-state index is -0.613. The van der Waals surface area contributed by atoms with Crippen molar-refractivity contribution in [1.82, 2.24) is 0 Å². The molecule has 0 radical (unpaired) electrons. The molecule has 1 aliphatic rings. The number of amides is 2. The lowest BCUT2D eigenvalue weighted by molar-refractivity contribution is -0.121. The summed E-state index contributed by atoms with van der Waals surface area (Å²) in [5.41, 5.74) is 1.23. The smallest absolute Gasteiger partial charge is 0.256 e. The van der Waals surface area contributed by atoms with Crippen molar-refractivity contribution < 1.29 is 9.59 Å². The molecule has 0 unspecified atom stereocenters. The molecule has 1 atom stereocenters. The van der Waals surface area contributed by atoms with Crippen molar-refractivity contribution in [2.75, 3.05) is 10.2 Å². The average Bonchev–Trinajstić information content (AvgIpc) is 2.91. The van der Waals surface area contributed by atoms with Crippen LogP contribution in [0.1, 0.15) is 6.42 Å². The first-order valence-corrected chi connectivity index (χ1v) is 8.86. The van der Waals surface area contributed by atoms with Crippen molar-refractivity contribution in [2.45, 2.75) is 12.5 Å². The Balaban J connectivity index is 1.59. The van der Waals surface area contributed by atoms with E-state index in [0.717, 1.165) is 21.4 Å². The van der Waals surface area contributed by atoms with Gasteiger partial charge in [0.2, 0.25) is 5.91 Å². The lowest BCUT2D eigenvalue weighted by Crippen LogP contribution is -2.34. The van der Waals surface area contributed by atoms with Crippen LogP contribution in [0.25, 0.3) is 10.8 Å². The molecule has 4 nitrogen and oxygen atoms in total. The maximum atomic E-state index is 12.7. The quantitative estimate of drug-likeness (QED) is 0.653. The number of benzene rings is 3. The molecule has 0 bridgehead atoms. The second-order valence-electron chi connectivity index (χ2n) is 6.13. The van der Waals surface area contributed by atoms with Gasteiger partial charge >= 0.3 is 0 Å². The largest absolute Gasteiger partial charge is 0.373 e. The molecule has 0 aromatic heterocycles. The number of nitrogens with one attached hydrogen (secondary N) is 1. The highest BCUT2D eigenvalue weighted by Crippen LogP contribution is 2.31. The third kappa shape index (κ3) is 3.02. The summed E-state index contributed by atoms with van der Waals surface area (Å²) < 4.78 is 0. The maximum Gasteiger partial charge on any atom is 0.256 e. The molecule has 1 saturated heterocycles. The van der Waals surface area contributed by atoms with Gasteiger partial charge in [0.15, 0.2) is 0 Å². The predicted molar refractivity (Wildman–Crippen MR) is 105 cm³/mol. The summed E-state index contributed by atoms with van der Waals surface area (Å²) >= 11 is 11.9. The number of hydrogen-bond acceptors (Lipinski definition) is 3. The van der Waals surface area contributed by atoms with Crippen LogP contribution in [0.3, 0.4) is 0 Å². The van der Waals surface area contributed by atoms with Gasteiger partial charge in [-0.15, -0.1) is 0 Å². The fourth-order valence-corrected chi connectivity index (χ4v) is 3.41. The zero-order chi connectivity index (χ0) is 18.3. The molecular weight excluding hydrogens is 371 g/mol. The van der Waals surface area contributed by atoms with Crippen LogP contribution in [-0.2, 0) is 9.59 Å². The Labute approximate surface area is 160 Å². The van der Waals surface area contributed by atoms with Crippen molar-refractivity contribution in [3.63, 3.8) is 0 Å². The normalized spacial score (nSPS) is 17.2. The van der Waals surface area contributed by atoms with Crippen molar-refractivity contribution >= 4 is 57.2 Å². The van der Waals surface area contributed by atoms with Crippen LogP contribution in [0.4, 0.5) is 11.4 Å². The number of carbonyl (C=O) groups excluding carboxylic acids is 2. The first kappa shape index (κ1) is 16.9. The molecule has 3 aromatic carbocycles. The van der Waals surface area contributed by atoms with Gasteiger partial charge in [-0.1, -0.05) is 53.5 Å². The predicted octanol–water partition coefficient (Wildman–Crippen LogP) is 4.89. The summed E-state index contributed by atoms with van der Waals surface area (Å²) in [5, 5.41) is 6.03. The van der Waals surface area contributed by atoms with E-state index in [9.17, 15) is 9.59 Å². The summed E-state index contributed by atoms with van der Waals surface area (Å²) in [6.07, 6.45) is 0.0892. The molecule has 26 heavy (non-hydrogen) atoms. The summed E-state index contributed by atoms with van der Waals surface area (Å²) in [6.45, 7) is 0. The molecule has 1 fully saturated rings. The highest BCUT2D eigenvalue weighted by atomic mass is 35.5. The standard InChI is InChI=1S/C20H14Cl2N2O2/c21-16-8-7-15(10-17(16)22)24-19(25)11-18(20(24)26)23-14-6-5-12-3-1-2-4-13(12)9-14/h1-10,18,23H,11H2/t18-/m0/s1. The van der Waals surface area contributed by atoms with Crippen LogP contribution in [-0.4, -0.2) is 17.9 Å². The van der Waals surface area contributed by atoms with E-state index >= 15 is 0 Å². The highest BCUT2D eigenvalue weighted by molar-refractivity contribution is 6.42. The average molecular weight is 385 g/mol. The molecule has 1 N–H and O–H groups in total. The molecule has 4 rings (SSSR count). The summed E-state index contributed by atoms with van der Waals surface area (Å²) in [4.78, 5) is 26.3. The number of imide groups is 1. The number of anilines is 2. The first-order valence-electron chi connectivity index (χ1n) is 8.10. The topological polar surface area (TPSA) is 49.4 Å². The Bertz CT molecular complexity index is 1040. The molecule has 130 valence electrons. The Kier molecular flexibility index (Phi) is 4.31. The van der Waals surface area contributed by atoms with Crippen molar-refractivity contribution in [1.29, 1.82) is 0 Å². The molecule has 0 spiro atoms. The maximum absolute atomic E-state index is 12.7.